The molecule has 0 N–H and O–H groups in total. The van der Waals surface area contributed by atoms with Crippen molar-refractivity contribution in [1.29, 1.82) is 0 Å². The molecule has 0 aliphatic carbocycles. The van der Waals surface area contributed by atoms with Crippen LogP contribution in [0.3, 0.4) is 0 Å². The minimum Gasteiger partial charge on any atom is -0.420 e. The molecule has 144 valence electrons. The van der Waals surface area contributed by atoms with Gasteiger partial charge in [-0.2, -0.15) is 0 Å². The smallest absolute Gasteiger partial charge is 0.259 e. The van der Waals surface area contributed by atoms with Crippen molar-refractivity contribution in [3.05, 3.63) is 71.4 Å². The summed E-state index contributed by atoms with van der Waals surface area (Å²) in [5, 5.41) is 8.03. The molecule has 1 atom stereocenters. The van der Waals surface area contributed by atoms with Gasteiger partial charge in [0.2, 0.25) is 11.8 Å². The van der Waals surface area contributed by atoms with E-state index in [2.05, 4.69) is 10.2 Å². The zero-order valence-electron chi connectivity index (χ0n) is 14.7. The summed E-state index contributed by atoms with van der Waals surface area (Å²) in [6, 6.07) is 8.99. The van der Waals surface area contributed by atoms with E-state index in [0.29, 0.717) is 30.8 Å². The summed E-state index contributed by atoms with van der Waals surface area (Å²) < 4.78 is 46.6. The number of benzene rings is 2. The van der Waals surface area contributed by atoms with Crippen LogP contribution >= 0.6 is 0 Å². The van der Waals surface area contributed by atoms with Gasteiger partial charge in [0.25, 0.3) is 5.91 Å². The molecule has 1 aliphatic rings. The highest BCUT2D eigenvalue weighted by atomic mass is 19.1. The zero-order valence-corrected chi connectivity index (χ0v) is 14.7. The van der Waals surface area contributed by atoms with E-state index in [1.807, 2.05) is 0 Å². The topological polar surface area (TPSA) is 59.2 Å². The van der Waals surface area contributed by atoms with Crippen LogP contribution in [0.5, 0.6) is 0 Å². The first kappa shape index (κ1) is 18.2. The molecule has 2 heterocycles. The quantitative estimate of drug-likeness (QED) is 0.677. The molecule has 3 aromatic rings. The number of piperidine rings is 1. The molecule has 5 nitrogen and oxygen atoms in total. The molecule has 1 unspecified atom stereocenters. The molecule has 1 aromatic heterocycles. The Kier molecular flexibility index (Phi) is 4.85. The van der Waals surface area contributed by atoms with Gasteiger partial charge in [0.05, 0.1) is 5.92 Å². The van der Waals surface area contributed by atoms with Gasteiger partial charge < -0.3 is 9.32 Å². The maximum Gasteiger partial charge on any atom is 0.259 e. The van der Waals surface area contributed by atoms with E-state index in [-0.39, 0.29) is 24.2 Å². The molecule has 8 heteroatoms. The lowest BCUT2D eigenvalue weighted by Gasteiger charge is -2.31. The van der Waals surface area contributed by atoms with E-state index in [0.717, 1.165) is 12.1 Å². The van der Waals surface area contributed by atoms with Crippen molar-refractivity contribution in [3.63, 3.8) is 0 Å². The molecule has 0 spiro atoms. The standard InChI is InChI=1S/C20H16F3N3O2/c21-14-8-6-12(7-9-14)18-24-25-19(28-18)13-3-2-10-26(11-13)20(27)17-15(22)4-1-5-16(17)23/h1,4-9,13H,2-3,10-11H2. The minimum atomic E-state index is -0.886. The van der Waals surface area contributed by atoms with Crippen LogP contribution in [0, 0.1) is 17.5 Å². The second kappa shape index (κ2) is 7.46. The number of rotatable bonds is 3. The number of amides is 1. The predicted molar refractivity (Wildman–Crippen MR) is 93.9 cm³/mol. The monoisotopic (exact) mass is 387 g/mol. The van der Waals surface area contributed by atoms with E-state index in [1.54, 1.807) is 0 Å². The highest BCUT2D eigenvalue weighted by molar-refractivity contribution is 5.94. The summed E-state index contributed by atoms with van der Waals surface area (Å²) >= 11 is 0. The van der Waals surface area contributed by atoms with Crippen LogP contribution < -0.4 is 0 Å². The van der Waals surface area contributed by atoms with Crippen LogP contribution in [0.25, 0.3) is 11.5 Å². The third-order valence-corrected chi connectivity index (χ3v) is 4.77. The molecule has 1 aliphatic heterocycles. The second-order valence-corrected chi connectivity index (χ2v) is 6.64. The Morgan fingerprint density at radius 3 is 2.46 bits per heavy atom. The van der Waals surface area contributed by atoms with Crippen molar-refractivity contribution in [1.82, 2.24) is 15.1 Å². The SMILES string of the molecule is O=C(c1c(F)cccc1F)N1CCCC(c2nnc(-c3ccc(F)cc3)o2)C1. The molecule has 2 aromatic carbocycles. The third kappa shape index (κ3) is 3.49. The largest absolute Gasteiger partial charge is 0.420 e. The van der Waals surface area contributed by atoms with Crippen molar-refractivity contribution in [2.45, 2.75) is 18.8 Å². The summed E-state index contributed by atoms with van der Waals surface area (Å²) in [6.45, 7) is 0.611. The molecule has 0 radical (unpaired) electrons. The molecule has 4 rings (SSSR count). The number of carbonyl (C=O) groups is 1. The first-order valence-electron chi connectivity index (χ1n) is 8.85. The van der Waals surface area contributed by atoms with Crippen molar-refractivity contribution in [2.75, 3.05) is 13.1 Å². The Balaban J connectivity index is 1.53. The van der Waals surface area contributed by atoms with Gasteiger partial charge in [-0.15, -0.1) is 10.2 Å². The molecular weight excluding hydrogens is 371 g/mol. The highest BCUT2D eigenvalue weighted by Crippen LogP contribution is 2.29. The minimum absolute atomic E-state index is 0.220. The Morgan fingerprint density at radius 1 is 1.04 bits per heavy atom. The Bertz CT molecular complexity index is 984. The maximum absolute atomic E-state index is 13.9. The van der Waals surface area contributed by atoms with E-state index in [4.69, 9.17) is 4.42 Å². The number of likely N-dealkylation sites (tertiary alicyclic amines) is 1. The molecule has 1 saturated heterocycles. The Labute approximate surface area is 158 Å². The summed E-state index contributed by atoms with van der Waals surface area (Å²) in [5.41, 5.74) is 0.0259. The summed E-state index contributed by atoms with van der Waals surface area (Å²) in [6.07, 6.45) is 1.34. The fourth-order valence-electron chi connectivity index (χ4n) is 3.33. The fourth-order valence-corrected chi connectivity index (χ4v) is 3.33. The molecule has 1 fully saturated rings. The second-order valence-electron chi connectivity index (χ2n) is 6.64. The van der Waals surface area contributed by atoms with Crippen LogP contribution in [0.15, 0.2) is 46.9 Å². The van der Waals surface area contributed by atoms with Crippen molar-refractivity contribution >= 4 is 5.91 Å². The van der Waals surface area contributed by atoms with E-state index < -0.39 is 23.1 Å². The molecule has 0 bridgehead atoms. The molecule has 0 saturated carbocycles. The highest BCUT2D eigenvalue weighted by Gasteiger charge is 2.31. The van der Waals surface area contributed by atoms with Gasteiger partial charge in [0.15, 0.2) is 0 Å². The maximum atomic E-state index is 13.9. The van der Waals surface area contributed by atoms with Crippen molar-refractivity contribution in [3.8, 4) is 11.5 Å². The third-order valence-electron chi connectivity index (χ3n) is 4.77. The lowest BCUT2D eigenvalue weighted by Crippen LogP contribution is -2.40. The van der Waals surface area contributed by atoms with Crippen LogP contribution in [0.4, 0.5) is 13.2 Å². The number of hydrogen-bond acceptors (Lipinski definition) is 4. The van der Waals surface area contributed by atoms with Crippen molar-refractivity contribution in [2.24, 2.45) is 0 Å². The number of nitrogens with zero attached hydrogens (tertiary/aromatic N) is 3. The fraction of sp³-hybridized carbons (Fsp3) is 0.250. The number of aromatic nitrogens is 2. The zero-order chi connectivity index (χ0) is 19.7. The number of hydrogen-bond donors (Lipinski definition) is 0. The number of halogens is 3. The number of carbonyl (C=O) groups excluding carboxylic acids is 1. The van der Waals surface area contributed by atoms with Crippen LogP contribution in [0.2, 0.25) is 0 Å². The summed E-state index contributed by atoms with van der Waals surface area (Å²) in [4.78, 5) is 14.0. The van der Waals surface area contributed by atoms with E-state index in [1.165, 1.54) is 35.2 Å². The van der Waals surface area contributed by atoms with Gasteiger partial charge in [-0.25, -0.2) is 13.2 Å². The van der Waals surface area contributed by atoms with E-state index >= 15 is 0 Å². The van der Waals surface area contributed by atoms with Crippen molar-refractivity contribution < 1.29 is 22.4 Å². The Hall–Kier alpha value is -3.16. The first-order chi connectivity index (χ1) is 13.5. The van der Waals surface area contributed by atoms with E-state index in [9.17, 15) is 18.0 Å². The predicted octanol–water partition coefficient (Wildman–Crippen LogP) is 4.17. The van der Waals surface area contributed by atoms with Crippen LogP contribution in [-0.4, -0.2) is 34.1 Å². The molecule has 1 amide bonds. The lowest BCUT2D eigenvalue weighted by molar-refractivity contribution is 0.0688. The van der Waals surface area contributed by atoms with Gasteiger partial charge in [0, 0.05) is 18.7 Å². The molecule has 28 heavy (non-hydrogen) atoms. The van der Waals surface area contributed by atoms with Gasteiger partial charge in [-0.3, -0.25) is 4.79 Å². The Morgan fingerprint density at radius 2 is 1.75 bits per heavy atom. The van der Waals surface area contributed by atoms with Gasteiger partial charge in [-0.1, -0.05) is 6.07 Å². The normalized spacial score (nSPS) is 17.0. The summed E-state index contributed by atoms with van der Waals surface area (Å²) in [7, 11) is 0. The van der Waals surface area contributed by atoms with Gasteiger partial charge in [-0.05, 0) is 49.2 Å². The van der Waals surface area contributed by atoms with Crippen LogP contribution in [-0.2, 0) is 0 Å². The average molecular weight is 387 g/mol. The van der Waals surface area contributed by atoms with Gasteiger partial charge in [0.1, 0.15) is 23.0 Å². The lowest BCUT2D eigenvalue weighted by atomic mass is 9.97. The average Bonchev–Trinajstić information content (AvgIpc) is 3.19. The first-order valence-corrected chi connectivity index (χ1v) is 8.85. The summed E-state index contributed by atoms with van der Waals surface area (Å²) in [5.74, 6) is -2.49. The van der Waals surface area contributed by atoms with Gasteiger partial charge >= 0.3 is 0 Å². The van der Waals surface area contributed by atoms with Crippen LogP contribution in [0.1, 0.15) is 35.0 Å². The molecular formula is C20H16F3N3O2.